The van der Waals surface area contributed by atoms with Gasteiger partial charge < -0.3 is 10.5 Å². The molecule has 0 saturated heterocycles. The third-order valence-corrected chi connectivity index (χ3v) is 2.67. The zero-order valence-electron chi connectivity index (χ0n) is 8.29. The van der Waals surface area contributed by atoms with Gasteiger partial charge in [-0.3, -0.25) is 0 Å². The maximum Gasteiger partial charge on any atom is 0.0887 e. The van der Waals surface area contributed by atoms with Crippen molar-refractivity contribution in [2.45, 2.75) is 32.5 Å². The molecule has 0 fully saturated rings. The van der Waals surface area contributed by atoms with E-state index in [1.165, 1.54) is 5.56 Å². The lowest BCUT2D eigenvalue weighted by molar-refractivity contribution is -0.0433. The highest BCUT2D eigenvalue weighted by Gasteiger charge is 2.36. The number of hydrogen-bond donors (Lipinski definition) is 1. The highest BCUT2D eigenvalue weighted by atomic mass is 16.5. The average Bonchev–Trinajstić information content (AvgIpc) is 2.24. The van der Waals surface area contributed by atoms with Gasteiger partial charge in [0, 0.05) is 11.3 Å². The van der Waals surface area contributed by atoms with Gasteiger partial charge >= 0.3 is 0 Å². The molecule has 2 rings (SSSR count). The van der Waals surface area contributed by atoms with E-state index in [0.29, 0.717) is 0 Å². The van der Waals surface area contributed by atoms with E-state index in [9.17, 15) is 0 Å². The summed E-state index contributed by atoms with van der Waals surface area (Å²) in [5.74, 6) is 0. The molecule has 1 aromatic carbocycles. The molecule has 0 spiro atoms. The van der Waals surface area contributed by atoms with Crippen LogP contribution in [0, 0.1) is 0 Å². The second kappa shape index (κ2) is 2.48. The number of nitrogens with two attached hydrogens (primary N) is 1. The Labute approximate surface area is 78.7 Å². The number of nitrogen functional groups attached to an aromatic ring is 1. The highest BCUT2D eigenvalue weighted by molar-refractivity contribution is 5.55. The van der Waals surface area contributed by atoms with Gasteiger partial charge in [-0.05, 0) is 32.4 Å². The molecule has 1 aromatic rings. The molecule has 0 bridgehead atoms. The van der Waals surface area contributed by atoms with Crippen LogP contribution in [0.15, 0.2) is 18.2 Å². The van der Waals surface area contributed by atoms with Gasteiger partial charge in [-0.1, -0.05) is 12.1 Å². The predicted octanol–water partition coefficient (Wildman–Crippen LogP) is 2.60. The zero-order chi connectivity index (χ0) is 9.64. The van der Waals surface area contributed by atoms with Crippen molar-refractivity contribution in [2.24, 2.45) is 0 Å². The van der Waals surface area contributed by atoms with E-state index >= 15 is 0 Å². The minimum atomic E-state index is -0.190. The molecule has 13 heavy (non-hydrogen) atoms. The van der Waals surface area contributed by atoms with Gasteiger partial charge in [-0.2, -0.15) is 0 Å². The van der Waals surface area contributed by atoms with Crippen molar-refractivity contribution in [1.29, 1.82) is 0 Å². The maximum absolute atomic E-state index is 5.90. The summed E-state index contributed by atoms with van der Waals surface area (Å²) in [6, 6.07) is 6.01. The minimum Gasteiger partial charge on any atom is -0.398 e. The summed E-state index contributed by atoms with van der Waals surface area (Å²) in [5.41, 5.74) is 8.94. The SMILES string of the molecule is C[C@@H]1OC(C)(C)c2cccc(N)c21. The van der Waals surface area contributed by atoms with Crippen LogP contribution in [0.2, 0.25) is 0 Å². The molecule has 1 aliphatic rings. The number of hydrogen-bond acceptors (Lipinski definition) is 2. The van der Waals surface area contributed by atoms with Crippen molar-refractivity contribution in [3.63, 3.8) is 0 Å². The predicted molar refractivity (Wildman–Crippen MR) is 53.4 cm³/mol. The van der Waals surface area contributed by atoms with Crippen molar-refractivity contribution in [1.82, 2.24) is 0 Å². The molecule has 1 aliphatic heterocycles. The van der Waals surface area contributed by atoms with Crippen LogP contribution >= 0.6 is 0 Å². The largest absolute Gasteiger partial charge is 0.398 e. The van der Waals surface area contributed by atoms with Crippen LogP contribution in [0.3, 0.4) is 0 Å². The fraction of sp³-hybridized carbons (Fsp3) is 0.455. The van der Waals surface area contributed by atoms with Crippen LogP contribution < -0.4 is 5.73 Å². The molecule has 2 nitrogen and oxygen atoms in total. The Bertz CT molecular complexity index is 344. The molecule has 0 saturated carbocycles. The summed E-state index contributed by atoms with van der Waals surface area (Å²) < 4.78 is 5.82. The fourth-order valence-corrected chi connectivity index (χ4v) is 2.13. The van der Waals surface area contributed by atoms with Crippen molar-refractivity contribution in [2.75, 3.05) is 5.73 Å². The summed E-state index contributed by atoms with van der Waals surface area (Å²) in [7, 11) is 0. The van der Waals surface area contributed by atoms with Crippen LogP contribution in [0.5, 0.6) is 0 Å². The summed E-state index contributed by atoms with van der Waals surface area (Å²) in [6.45, 7) is 6.20. The van der Waals surface area contributed by atoms with Gasteiger partial charge in [-0.25, -0.2) is 0 Å². The normalized spacial score (nSPS) is 24.4. The Morgan fingerprint density at radius 2 is 2.08 bits per heavy atom. The minimum absolute atomic E-state index is 0.117. The first-order chi connectivity index (χ1) is 6.02. The van der Waals surface area contributed by atoms with E-state index in [1.807, 2.05) is 19.1 Å². The summed E-state index contributed by atoms with van der Waals surface area (Å²) in [4.78, 5) is 0. The molecule has 0 radical (unpaired) electrons. The Kier molecular flexibility index (Phi) is 1.64. The zero-order valence-corrected chi connectivity index (χ0v) is 8.29. The molecular formula is C11H15NO. The van der Waals surface area contributed by atoms with Crippen molar-refractivity contribution in [3.05, 3.63) is 29.3 Å². The molecule has 2 heteroatoms. The average molecular weight is 177 g/mol. The van der Waals surface area contributed by atoms with Gasteiger partial charge in [-0.15, -0.1) is 0 Å². The number of fused-ring (bicyclic) bond motifs is 1. The van der Waals surface area contributed by atoms with E-state index < -0.39 is 0 Å². The third-order valence-electron chi connectivity index (χ3n) is 2.67. The van der Waals surface area contributed by atoms with E-state index in [-0.39, 0.29) is 11.7 Å². The summed E-state index contributed by atoms with van der Waals surface area (Å²) in [5, 5.41) is 0. The van der Waals surface area contributed by atoms with E-state index in [0.717, 1.165) is 11.3 Å². The molecule has 70 valence electrons. The summed E-state index contributed by atoms with van der Waals surface area (Å²) in [6.07, 6.45) is 0.117. The highest BCUT2D eigenvalue weighted by Crippen LogP contribution is 2.44. The van der Waals surface area contributed by atoms with E-state index in [4.69, 9.17) is 10.5 Å². The number of rotatable bonds is 0. The molecule has 0 aliphatic carbocycles. The van der Waals surface area contributed by atoms with Crippen LogP contribution in [-0.2, 0) is 10.3 Å². The molecule has 0 unspecified atom stereocenters. The molecule has 1 atom stereocenters. The second-order valence-corrected chi connectivity index (χ2v) is 4.08. The van der Waals surface area contributed by atoms with Crippen LogP contribution in [-0.4, -0.2) is 0 Å². The number of benzene rings is 1. The van der Waals surface area contributed by atoms with Gasteiger partial charge in [0.1, 0.15) is 0 Å². The first kappa shape index (κ1) is 8.57. The molecule has 0 aromatic heterocycles. The van der Waals surface area contributed by atoms with Gasteiger partial charge in [0.15, 0.2) is 0 Å². The van der Waals surface area contributed by atoms with Crippen LogP contribution in [0.1, 0.15) is 38.0 Å². The van der Waals surface area contributed by atoms with Crippen molar-refractivity contribution in [3.8, 4) is 0 Å². The lowest BCUT2D eigenvalue weighted by Gasteiger charge is -2.19. The molecule has 1 heterocycles. The quantitative estimate of drug-likeness (QED) is 0.618. The number of anilines is 1. The maximum atomic E-state index is 5.90. The third kappa shape index (κ3) is 1.13. The van der Waals surface area contributed by atoms with Crippen molar-refractivity contribution < 1.29 is 4.74 Å². The Morgan fingerprint density at radius 1 is 1.38 bits per heavy atom. The van der Waals surface area contributed by atoms with Gasteiger partial charge in [0.05, 0.1) is 11.7 Å². The van der Waals surface area contributed by atoms with Gasteiger partial charge in [0.25, 0.3) is 0 Å². The van der Waals surface area contributed by atoms with E-state index in [2.05, 4.69) is 19.9 Å². The van der Waals surface area contributed by atoms with Crippen molar-refractivity contribution >= 4 is 5.69 Å². The topological polar surface area (TPSA) is 35.2 Å². The molecule has 2 N–H and O–H groups in total. The van der Waals surface area contributed by atoms with Crippen LogP contribution in [0.4, 0.5) is 5.69 Å². The van der Waals surface area contributed by atoms with Gasteiger partial charge in [0.2, 0.25) is 0 Å². The molecule has 0 amide bonds. The Hall–Kier alpha value is -1.02. The fourth-order valence-electron chi connectivity index (χ4n) is 2.13. The van der Waals surface area contributed by atoms with E-state index in [1.54, 1.807) is 0 Å². The first-order valence-electron chi connectivity index (χ1n) is 4.59. The second-order valence-electron chi connectivity index (χ2n) is 4.08. The standard InChI is InChI=1S/C11H15NO/c1-7-10-8(11(2,3)13-7)5-4-6-9(10)12/h4-7H,12H2,1-3H3/t7-/m0/s1. The Morgan fingerprint density at radius 3 is 2.69 bits per heavy atom. The summed E-state index contributed by atoms with van der Waals surface area (Å²) >= 11 is 0. The smallest absolute Gasteiger partial charge is 0.0887 e. The Balaban J connectivity index is 2.65. The van der Waals surface area contributed by atoms with Crippen LogP contribution in [0.25, 0.3) is 0 Å². The first-order valence-corrected chi connectivity index (χ1v) is 4.59. The number of ether oxygens (including phenoxy) is 1. The lowest BCUT2D eigenvalue weighted by Crippen LogP contribution is -2.15. The molecular weight excluding hydrogens is 162 g/mol. The monoisotopic (exact) mass is 177 g/mol. The lowest BCUT2D eigenvalue weighted by atomic mass is 9.94.